The van der Waals surface area contributed by atoms with Gasteiger partial charge in [0.25, 0.3) is 0 Å². The van der Waals surface area contributed by atoms with Crippen molar-refractivity contribution in [1.82, 2.24) is 5.32 Å². The second kappa shape index (κ2) is 3.17. The highest BCUT2D eigenvalue weighted by atomic mass is 35.5. The average molecular weight is 210 g/mol. The summed E-state index contributed by atoms with van der Waals surface area (Å²) in [4.78, 5) is 13.1. The van der Waals surface area contributed by atoms with Gasteiger partial charge in [0.2, 0.25) is 0 Å². The Morgan fingerprint density at radius 2 is 2.14 bits per heavy atom. The van der Waals surface area contributed by atoms with Gasteiger partial charge in [0.05, 0.1) is 11.4 Å². The Morgan fingerprint density at radius 1 is 1.43 bits per heavy atom. The summed E-state index contributed by atoms with van der Waals surface area (Å²) in [6.07, 6.45) is 0. The molecule has 0 aliphatic carbocycles. The molecule has 0 saturated carbocycles. The van der Waals surface area contributed by atoms with Crippen molar-refractivity contribution in [1.29, 1.82) is 0 Å². The molecule has 0 atom stereocenters. The lowest BCUT2D eigenvalue weighted by Crippen LogP contribution is -2.34. The number of benzene rings is 1. The van der Waals surface area contributed by atoms with Gasteiger partial charge in [-0.15, -0.1) is 0 Å². The minimum absolute atomic E-state index is 0.103. The van der Waals surface area contributed by atoms with Crippen molar-refractivity contribution in [2.45, 2.75) is 19.9 Å². The number of carbonyl (C=O) groups is 1. The van der Waals surface area contributed by atoms with E-state index in [1.54, 1.807) is 23.1 Å². The van der Waals surface area contributed by atoms with E-state index in [2.05, 4.69) is 5.32 Å². The SMILES string of the molecule is CC(C)N1C(=O)[N]c2ccc(Cl)cc21. The molecule has 14 heavy (non-hydrogen) atoms. The Hall–Kier alpha value is -1.22. The molecule has 1 aliphatic heterocycles. The van der Waals surface area contributed by atoms with E-state index in [4.69, 9.17) is 11.6 Å². The Labute approximate surface area is 87.7 Å². The van der Waals surface area contributed by atoms with Crippen LogP contribution in [0.1, 0.15) is 13.8 Å². The molecule has 1 heterocycles. The lowest BCUT2D eigenvalue weighted by atomic mass is 10.2. The van der Waals surface area contributed by atoms with Gasteiger partial charge in [-0.2, -0.15) is 5.32 Å². The van der Waals surface area contributed by atoms with Gasteiger partial charge in [0.1, 0.15) is 0 Å². The van der Waals surface area contributed by atoms with Gasteiger partial charge >= 0.3 is 6.03 Å². The first kappa shape index (κ1) is 9.34. The second-order valence-corrected chi connectivity index (χ2v) is 3.93. The maximum absolute atomic E-state index is 11.5. The van der Waals surface area contributed by atoms with Crippen LogP contribution in [0.25, 0.3) is 0 Å². The third-order valence-corrected chi connectivity index (χ3v) is 2.37. The van der Waals surface area contributed by atoms with Crippen molar-refractivity contribution in [2.24, 2.45) is 0 Å². The normalized spacial score (nSPS) is 14.6. The zero-order valence-electron chi connectivity index (χ0n) is 7.99. The molecule has 0 saturated heterocycles. The second-order valence-electron chi connectivity index (χ2n) is 3.49. The van der Waals surface area contributed by atoms with E-state index in [0.29, 0.717) is 10.7 Å². The molecule has 0 fully saturated rings. The first-order valence-electron chi connectivity index (χ1n) is 4.44. The van der Waals surface area contributed by atoms with Crippen LogP contribution in [0.4, 0.5) is 16.2 Å². The van der Waals surface area contributed by atoms with E-state index in [-0.39, 0.29) is 12.1 Å². The molecule has 4 heteroatoms. The van der Waals surface area contributed by atoms with Gasteiger partial charge in [-0.05, 0) is 32.0 Å². The topological polar surface area (TPSA) is 34.4 Å². The molecule has 0 bridgehead atoms. The van der Waals surface area contributed by atoms with Crippen LogP contribution in [0.2, 0.25) is 5.02 Å². The van der Waals surface area contributed by atoms with Crippen molar-refractivity contribution in [3.8, 4) is 0 Å². The quantitative estimate of drug-likeness (QED) is 0.700. The molecule has 1 aromatic rings. The Morgan fingerprint density at radius 3 is 2.79 bits per heavy atom. The number of rotatable bonds is 1. The summed E-state index contributed by atoms with van der Waals surface area (Å²) in [7, 11) is 0. The van der Waals surface area contributed by atoms with Crippen LogP contribution in [0, 0.1) is 0 Å². The first-order valence-corrected chi connectivity index (χ1v) is 4.82. The van der Waals surface area contributed by atoms with Gasteiger partial charge in [0, 0.05) is 11.1 Å². The zero-order chi connectivity index (χ0) is 10.3. The van der Waals surface area contributed by atoms with E-state index >= 15 is 0 Å². The molecule has 1 aliphatic rings. The molecule has 0 spiro atoms. The van der Waals surface area contributed by atoms with Crippen LogP contribution in [0.15, 0.2) is 18.2 Å². The van der Waals surface area contributed by atoms with Crippen molar-refractivity contribution in [3.05, 3.63) is 23.2 Å². The number of amides is 2. The van der Waals surface area contributed by atoms with E-state index in [1.807, 2.05) is 13.8 Å². The molecule has 1 radical (unpaired) electrons. The third-order valence-electron chi connectivity index (χ3n) is 2.14. The van der Waals surface area contributed by atoms with Gasteiger partial charge < -0.3 is 0 Å². The standard InChI is InChI=1S/C10H10ClN2O/c1-6(2)13-9-5-7(11)3-4-8(9)12-10(13)14/h3-6H,1-2H3. The Kier molecular flexibility index (Phi) is 2.11. The molecule has 73 valence electrons. The van der Waals surface area contributed by atoms with Gasteiger partial charge in [-0.3, -0.25) is 4.90 Å². The highest BCUT2D eigenvalue weighted by Gasteiger charge is 2.30. The first-order chi connectivity index (χ1) is 6.59. The average Bonchev–Trinajstić information content (AvgIpc) is 2.40. The summed E-state index contributed by atoms with van der Waals surface area (Å²) in [5.41, 5.74) is 1.51. The molecule has 3 nitrogen and oxygen atoms in total. The van der Waals surface area contributed by atoms with Gasteiger partial charge in [0.15, 0.2) is 0 Å². The minimum atomic E-state index is -0.211. The highest BCUT2D eigenvalue weighted by molar-refractivity contribution is 6.31. The predicted molar refractivity (Wildman–Crippen MR) is 56.3 cm³/mol. The summed E-state index contributed by atoms with van der Waals surface area (Å²) in [6.45, 7) is 3.90. The van der Waals surface area contributed by atoms with Crippen molar-refractivity contribution in [3.63, 3.8) is 0 Å². The molecular weight excluding hydrogens is 200 g/mol. The number of fused-ring (bicyclic) bond motifs is 1. The summed E-state index contributed by atoms with van der Waals surface area (Å²) >= 11 is 5.86. The van der Waals surface area contributed by atoms with Crippen molar-refractivity contribution in [2.75, 3.05) is 4.90 Å². The van der Waals surface area contributed by atoms with Crippen LogP contribution in [-0.4, -0.2) is 12.1 Å². The van der Waals surface area contributed by atoms with Gasteiger partial charge in [-0.1, -0.05) is 11.6 Å². The molecule has 0 aromatic heterocycles. The summed E-state index contributed by atoms with van der Waals surface area (Å²) < 4.78 is 0. The number of hydrogen-bond donors (Lipinski definition) is 0. The summed E-state index contributed by atoms with van der Waals surface area (Å²) in [5.74, 6) is 0. The molecule has 0 N–H and O–H groups in total. The maximum Gasteiger partial charge on any atom is 0.348 e. The maximum atomic E-state index is 11.5. The number of urea groups is 1. The van der Waals surface area contributed by atoms with Gasteiger partial charge in [-0.25, -0.2) is 4.79 Å². The largest absolute Gasteiger partial charge is 0.348 e. The number of hydrogen-bond acceptors (Lipinski definition) is 1. The fourth-order valence-electron chi connectivity index (χ4n) is 1.54. The zero-order valence-corrected chi connectivity index (χ0v) is 8.75. The number of carbonyl (C=O) groups excluding carboxylic acids is 1. The molecule has 1 aromatic carbocycles. The fraction of sp³-hybridized carbons (Fsp3) is 0.300. The van der Waals surface area contributed by atoms with Crippen LogP contribution >= 0.6 is 11.6 Å². The number of nitrogens with zero attached hydrogens (tertiary/aromatic N) is 2. The van der Waals surface area contributed by atoms with Crippen LogP contribution < -0.4 is 10.2 Å². The Balaban J connectivity index is 2.50. The fourth-order valence-corrected chi connectivity index (χ4v) is 1.71. The van der Waals surface area contributed by atoms with Crippen LogP contribution in [0.5, 0.6) is 0 Å². The number of halogens is 1. The highest BCUT2D eigenvalue weighted by Crippen LogP contribution is 2.35. The lowest BCUT2D eigenvalue weighted by Gasteiger charge is -2.19. The van der Waals surface area contributed by atoms with Crippen LogP contribution in [-0.2, 0) is 0 Å². The summed E-state index contributed by atoms with van der Waals surface area (Å²) in [6, 6.07) is 5.16. The van der Waals surface area contributed by atoms with E-state index < -0.39 is 0 Å². The predicted octanol–water partition coefficient (Wildman–Crippen LogP) is 2.92. The van der Waals surface area contributed by atoms with E-state index in [0.717, 1.165) is 5.69 Å². The molecule has 2 rings (SSSR count). The third kappa shape index (κ3) is 1.34. The van der Waals surface area contributed by atoms with Crippen molar-refractivity contribution < 1.29 is 4.79 Å². The molecule has 2 amide bonds. The van der Waals surface area contributed by atoms with Crippen LogP contribution in [0.3, 0.4) is 0 Å². The smallest absolute Gasteiger partial charge is 0.288 e. The minimum Gasteiger partial charge on any atom is -0.288 e. The monoisotopic (exact) mass is 209 g/mol. The molecular formula is C10H10ClN2O. The molecule has 0 unspecified atom stereocenters. The van der Waals surface area contributed by atoms with E-state index in [9.17, 15) is 4.79 Å². The van der Waals surface area contributed by atoms with E-state index in [1.165, 1.54) is 0 Å². The lowest BCUT2D eigenvalue weighted by molar-refractivity contribution is 0.249. The summed E-state index contributed by atoms with van der Waals surface area (Å²) in [5, 5.41) is 4.55. The van der Waals surface area contributed by atoms with Crippen molar-refractivity contribution >= 4 is 29.0 Å². The number of anilines is 1. The Bertz CT molecular complexity index is 390.